The number of carbonyl (C=O) groups excluding carboxylic acids is 1. The summed E-state index contributed by atoms with van der Waals surface area (Å²) in [5, 5.41) is 2.81. The second-order valence-corrected chi connectivity index (χ2v) is 5.41. The molecule has 2 aromatic heterocycles. The first-order chi connectivity index (χ1) is 9.44. The summed E-state index contributed by atoms with van der Waals surface area (Å²) in [5.41, 5.74) is 6.19. The van der Waals surface area contributed by atoms with E-state index in [2.05, 4.69) is 15.3 Å². The van der Waals surface area contributed by atoms with E-state index in [9.17, 15) is 4.79 Å². The van der Waals surface area contributed by atoms with E-state index in [-0.39, 0.29) is 11.4 Å². The minimum atomic E-state index is -0.332. The third kappa shape index (κ3) is 4.17. The van der Waals surface area contributed by atoms with E-state index in [1.807, 2.05) is 32.2 Å². The van der Waals surface area contributed by atoms with Crippen LogP contribution in [0.2, 0.25) is 0 Å². The number of anilines is 1. The van der Waals surface area contributed by atoms with Gasteiger partial charge in [-0.15, -0.1) is 0 Å². The number of hydrogen-bond acceptors (Lipinski definition) is 4. The molecule has 2 aromatic rings. The van der Waals surface area contributed by atoms with Crippen LogP contribution in [-0.4, -0.2) is 26.0 Å². The molecule has 0 aliphatic rings. The Morgan fingerprint density at radius 2 is 2.25 bits per heavy atom. The maximum atomic E-state index is 11.8. The predicted molar refractivity (Wildman–Crippen MR) is 77.5 cm³/mol. The maximum Gasteiger partial charge on any atom is 0.224 e. The van der Waals surface area contributed by atoms with Gasteiger partial charge in [-0.2, -0.15) is 0 Å². The Balaban J connectivity index is 1.92. The van der Waals surface area contributed by atoms with Crippen LogP contribution in [0.4, 0.5) is 5.69 Å². The van der Waals surface area contributed by atoms with E-state index in [1.54, 1.807) is 23.3 Å². The summed E-state index contributed by atoms with van der Waals surface area (Å²) in [6, 6.07) is 3.64. The zero-order chi connectivity index (χ0) is 14.6. The normalized spacial score (nSPS) is 11.3. The van der Waals surface area contributed by atoms with Gasteiger partial charge in [-0.3, -0.25) is 9.36 Å². The summed E-state index contributed by atoms with van der Waals surface area (Å²) in [6.45, 7) is 3.81. The van der Waals surface area contributed by atoms with Gasteiger partial charge in [0, 0.05) is 24.4 Å². The van der Waals surface area contributed by atoms with Crippen LogP contribution in [0.3, 0.4) is 0 Å². The third-order valence-electron chi connectivity index (χ3n) is 2.80. The van der Waals surface area contributed by atoms with Crippen molar-refractivity contribution in [3.63, 3.8) is 0 Å². The van der Waals surface area contributed by atoms with Crippen LogP contribution in [0.15, 0.2) is 37.1 Å². The molecule has 0 aliphatic carbocycles. The van der Waals surface area contributed by atoms with Crippen LogP contribution >= 0.6 is 0 Å². The molecule has 0 bridgehead atoms. The molecular weight excluding hydrogens is 254 g/mol. The number of nitrogens with two attached hydrogens (primary N) is 1. The second kappa shape index (κ2) is 5.83. The van der Waals surface area contributed by atoms with E-state index >= 15 is 0 Å². The molecule has 0 fully saturated rings. The standard InChI is InChI=1S/C14H19N5O/c1-14(2,15)6-5-13(20)18-11-3-4-12(17-9-11)19-8-7-16-10-19/h3-4,7-10H,5-6,15H2,1-2H3,(H,18,20). The highest BCUT2D eigenvalue weighted by Gasteiger charge is 2.13. The van der Waals surface area contributed by atoms with Crippen molar-refractivity contribution in [3.05, 3.63) is 37.1 Å². The minimum absolute atomic E-state index is 0.0549. The van der Waals surface area contributed by atoms with Crippen LogP contribution in [0, 0.1) is 0 Å². The van der Waals surface area contributed by atoms with Crippen molar-refractivity contribution in [1.82, 2.24) is 14.5 Å². The van der Waals surface area contributed by atoms with E-state index < -0.39 is 0 Å². The van der Waals surface area contributed by atoms with Gasteiger partial charge in [0.2, 0.25) is 5.91 Å². The molecular formula is C14H19N5O. The lowest BCUT2D eigenvalue weighted by atomic mass is 10.00. The molecule has 0 aliphatic heterocycles. The Bertz CT molecular complexity index is 554. The first-order valence-electron chi connectivity index (χ1n) is 6.47. The first kappa shape index (κ1) is 14.2. The molecule has 0 aromatic carbocycles. The smallest absolute Gasteiger partial charge is 0.224 e. The summed E-state index contributed by atoms with van der Waals surface area (Å²) in [4.78, 5) is 20.0. The van der Waals surface area contributed by atoms with Crippen molar-refractivity contribution >= 4 is 11.6 Å². The van der Waals surface area contributed by atoms with E-state index in [4.69, 9.17) is 5.73 Å². The van der Waals surface area contributed by atoms with Gasteiger partial charge in [-0.05, 0) is 32.4 Å². The van der Waals surface area contributed by atoms with Crippen LogP contribution in [0.5, 0.6) is 0 Å². The Morgan fingerprint density at radius 1 is 1.45 bits per heavy atom. The number of imidazole rings is 1. The number of pyridine rings is 1. The summed E-state index contributed by atoms with van der Waals surface area (Å²) >= 11 is 0. The zero-order valence-corrected chi connectivity index (χ0v) is 11.7. The molecule has 0 radical (unpaired) electrons. The minimum Gasteiger partial charge on any atom is -0.326 e. The third-order valence-corrected chi connectivity index (χ3v) is 2.80. The van der Waals surface area contributed by atoms with Gasteiger partial charge in [-0.1, -0.05) is 0 Å². The van der Waals surface area contributed by atoms with Crippen molar-refractivity contribution in [2.24, 2.45) is 5.73 Å². The molecule has 3 N–H and O–H groups in total. The molecule has 106 valence electrons. The zero-order valence-electron chi connectivity index (χ0n) is 11.7. The fourth-order valence-corrected chi connectivity index (χ4v) is 1.67. The highest BCUT2D eigenvalue weighted by molar-refractivity contribution is 5.90. The summed E-state index contributed by atoms with van der Waals surface area (Å²) in [6.07, 6.45) is 7.83. The fourth-order valence-electron chi connectivity index (χ4n) is 1.67. The molecule has 0 spiro atoms. The van der Waals surface area contributed by atoms with Crippen molar-refractivity contribution in [1.29, 1.82) is 0 Å². The quantitative estimate of drug-likeness (QED) is 0.868. The van der Waals surface area contributed by atoms with Crippen molar-refractivity contribution in [3.8, 4) is 5.82 Å². The number of carbonyl (C=O) groups is 1. The lowest BCUT2D eigenvalue weighted by molar-refractivity contribution is -0.116. The largest absolute Gasteiger partial charge is 0.326 e. The molecule has 6 nitrogen and oxygen atoms in total. The first-order valence-corrected chi connectivity index (χ1v) is 6.47. The molecule has 2 rings (SSSR count). The van der Waals surface area contributed by atoms with Crippen LogP contribution in [-0.2, 0) is 4.79 Å². The van der Waals surface area contributed by atoms with Crippen molar-refractivity contribution < 1.29 is 4.79 Å². The number of aromatic nitrogens is 3. The van der Waals surface area contributed by atoms with Gasteiger partial charge in [0.1, 0.15) is 12.1 Å². The fraction of sp³-hybridized carbons (Fsp3) is 0.357. The SMILES string of the molecule is CC(C)(N)CCC(=O)Nc1ccc(-n2ccnc2)nc1. The molecule has 0 unspecified atom stereocenters. The predicted octanol–water partition coefficient (Wildman–Crippen LogP) is 1.72. The topological polar surface area (TPSA) is 85.8 Å². The van der Waals surface area contributed by atoms with Gasteiger partial charge in [0.25, 0.3) is 0 Å². The van der Waals surface area contributed by atoms with Crippen molar-refractivity contribution in [2.75, 3.05) is 5.32 Å². The molecule has 1 amide bonds. The van der Waals surface area contributed by atoms with Gasteiger partial charge in [0.05, 0.1) is 11.9 Å². The van der Waals surface area contributed by atoms with Gasteiger partial charge in [0.15, 0.2) is 0 Å². The summed E-state index contributed by atoms with van der Waals surface area (Å²) < 4.78 is 1.79. The summed E-state index contributed by atoms with van der Waals surface area (Å²) in [7, 11) is 0. The van der Waals surface area contributed by atoms with Crippen LogP contribution in [0.25, 0.3) is 5.82 Å². The van der Waals surface area contributed by atoms with Crippen LogP contribution in [0.1, 0.15) is 26.7 Å². The molecule has 0 saturated heterocycles. The summed E-state index contributed by atoms with van der Waals surface area (Å²) in [5.74, 6) is 0.698. The lowest BCUT2D eigenvalue weighted by Crippen LogP contribution is -2.33. The van der Waals surface area contributed by atoms with Gasteiger partial charge in [-0.25, -0.2) is 9.97 Å². The lowest BCUT2D eigenvalue weighted by Gasteiger charge is -2.17. The highest BCUT2D eigenvalue weighted by atomic mass is 16.1. The van der Waals surface area contributed by atoms with E-state index in [0.717, 1.165) is 5.82 Å². The van der Waals surface area contributed by atoms with E-state index in [1.165, 1.54) is 0 Å². The van der Waals surface area contributed by atoms with Gasteiger partial charge >= 0.3 is 0 Å². The molecule has 2 heterocycles. The number of hydrogen-bond donors (Lipinski definition) is 2. The highest BCUT2D eigenvalue weighted by Crippen LogP contribution is 2.12. The molecule has 6 heteroatoms. The number of nitrogens with one attached hydrogen (secondary N) is 1. The average Bonchev–Trinajstić information content (AvgIpc) is 2.90. The Hall–Kier alpha value is -2.21. The molecule has 20 heavy (non-hydrogen) atoms. The number of nitrogens with zero attached hydrogens (tertiary/aromatic N) is 3. The molecule has 0 atom stereocenters. The maximum absolute atomic E-state index is 11.8. The van der Waals surface area contributed by atoms with Gasteiger partial charge < -0.3 is 11.1 Å². The van der Waals surface area contributed by atoms with Crippen molar-refractivity contribution in [2.45, 2.75) is 32.2 Å². The van der Waals surface area contributed by atoms with E-state index in [0.29, 0.717) is 18.5 Å². The molecule has 0 saturated carbocycles. The number of amides is 1. The monoisotopic (exact) mass is 273 g/mol. The number of rotatable bonds is 5. The Morgan fingerprint density at radius 3 is 2.80 bits per heavy atom. The average molecular weight is 273 g/mol. The Labute approximate surface area is 118 Å². The second-order valence-electron chi connectivity index (χ2n) is 5.41. The van der Waals surface area contributed by atoms with Crippen LogP contribution < -0.4 is 11.1 Å². The Kier molecular flexibility index (Phi) is 4.14.